The lowest BCUT2D eigenvalue weighted by Crippen LogP contribution is -2.08. The summed E-state index contributed by atoms with van der Waals surface area (Å²) in [4.78, 5) is 16.5. The number of rotatable bonds is 4. The Labute approximate surface area is 142 Å². The zero-order chi connectivity index (χ0) is 17.4. The molecule has 0 bridgehead atoms. The lowest BCUT2D eigenvalue weighted by atomic mass is 9.90. The van der Waals surface area contributed by atoms with Gasteiger partial charge >= 0.3 is 0 Å². The molecule has 24 heavy (non-hydrogen) atoms. The zero-order valence-electron chi connectivity index (χ0n) is 13.6. The summed E-state index contributed by atoms with van der Waals surface area (Å²) >= 11 is 0. The summed E-state index contributed by atoms with van der Waals surface area (Å²) in [6.45, 7) is 7.25. The highest BCUT2D eigenvalue weighted by Gasteiger charge is 2.20. The Morgan fingerprint density at radius 1 is 1.42 bits per heavy atom. The summed E-state index contributed by atoms with van der Waals surface area (Å²) in [6, 6.07) is 6.80. The number of hydrogen-bond acceptors (Lipinski definition) is 2. The van der Waals surface area contributed by atoms with E-state index in [4.69, 9.17) is 7.85 Å². The van der Waals surface area contributed by atoms with E-state index in [1.807, 2.05) is 29.7 Å². The van der Waals surface area contributed by atoms with Gasteiger partial charge in [-0.15, -0.1) is 0 Å². The molecule has 1 aromatic carbocycles. The fraction of sp³-hybridized carbons (Fsp3) is 0.158. The minimum absolute atomic E-state index is 0. The summed E-state index contributed by atoms with van der Waals surface area (Å²) in [5.41, 5.74) is 4.23. The van der Waals surface area contributed by atoms with Crippen molar-refractivity contribution in [3.63, 3.8) is 0 Å². The van der Waals surface area contributed by atoms with Gasteiger partial charge < -0.3 is 4.40 Å². The van der Waals surface area contributed by atoms with E-state index in [9.17, 15) is 9.18 Å². The number of carbonyl (C=O) groups excluding carboxylic acids is 1. The maximum absolute atomic E-state index is 14.6. The van der Waals surface area contributed by atoms with Gasteiger partial charge in [-0.1, -0.05) is 18.1 Å². The summed E-state index contributed by atoms with van der Waals surface area (Å²) in [5, 5.41) is 0. The maximum atomic E-state index is 14.6. The van der Waals surface area contributed by atoms with Crippen molar-refractivity contribution in [1.29, 1.82) is 0 Å². The number of nitrogens with zero attached hydrogens (tertiary/aromatic N) is 2. The summed E-state index contributed by atoms with van der Waals surface area (Å²) in [5.74, 6) is -0.591. The van der Waals surface area contributed by atoms with Crippen LogP contribution in [0.15, 0.2) is 43.1 Å². The monoisotopic (exact) mass is 320 g/mol. The predicted octanol–water partition coefficient (Wildman–Crippen LogP) is 3.09. The molecule has 0 amide bonds. The van der Waals surface area contributed by atoms with Gasteiger partial charge in [-0.05, 0) is 49.2 Å². The Kier molecular flexibility index (Phi) is 4.10. The van der Waals surface area contributed by atoms with Crippen molar-refractivity contribution >= 4 is 24.7 Å². The number of halogens is 1. The van der Waals surface area contributed by atoms with Crippen LogP contribution in [0.4, 0.5) is 4.39 Å². The summed E-state index contributed by atoms with van der Waals surface area (Å²) in [7, 11) is 5.71. The molecule has 3 nitrogen and oxygen atoms in total. The molecule has 0 spiro atoms. The minimum Gasteiger partial charge on any atom is -0.303 e. The molecule has 2 aromatic heterocycles. The number of carbonyl (C=O) groups is 1. The number of allylic oxidation sites excluding steroid dienone is 1. The molecular weight excluding hydrogens is 302 g/mol. The number of fused-ring (bicyclic) bond motifs is 1. The van der Waals surface area contributed by atoms with E-state index >= 15 is 0 Å². The van der Waals surface area contributed by atoms with Crippen molar-refractivity contribution in [2.75, 3.05) is 0 Å². The van der Waals surface area contributed by atoms with Gasteiger partial charge in [0.2, 0.25) is 0 Å². The fourth-order valence-electron chi connectivity index (χ4n) is 2.87. The Morgan fingerprint density at radius 3 is 2.83 bits per heavy atom. The molecule has 120 valence electrons. The maximum Gasteiger partial charge on any atom is 0.161 e. The van der Waals surface area contributed by atoms with Crippen LogP contribution < -0.4 is 5.46 Å². The quantitative estimate of drug-likeness (QED) is 0.547. The molecule has 3 aromatic rings. The lowest BCUT2D eigenvalue weighted by molar-refractivity contribution is -0.114. The Bertz CT molecular complexity index is 958. The van der Waals surface area contributed by atoms with Crippen LogP contribution in [0.1, 0.15) is 18.2 Å². The topological polar surface area (TPSA) is 34.4 Å². The molecule has 0 aliphatic heterocycles. The molecule has 0 fully saturated rings. The van der Waals surface area contributed by atoms with Gasteiger partial charge in [0.05, 0.1) is 17.8 Å². The zero-order valence-corrected chi connectivity index (χ0v) is 13.6. The molecule has 0 N–H and O–H groups in total. The van der Waals surface area contributed by atoms with Crippen molar-refractivity contribution in [1.82, 2.24) is 9.38 Å². The van der Waals surface area contributed by atoms with Crippen LogP contribution in [0.25, 0.3) is 16.9 Å². The minimum atomic E-state index is -0.445. The van der Waals surface area contributed by atoms with Gasteiger partial charge in [0.15, 0.2) is 5.78 Å². The van der Waals surface area contributed by atoms with Gasteiger partial charge in [0.25, 0.3) is 0 Å². The third-order valence-corrected chi connectivity index (χ3v) is 4.00. The van der Waals surface area contributed by atoms with E-state index in [0.717, 1.165) is 5.56 Å². The third kappa shape index (κ3) is 2.78. The summed E-state index contributed by atoms with van der Waals surface area (Å²) in [6.07, 6.45) is 3.22. The standard InChI is InChI=1S/C19H16BFN2O.H2/c1-4-14(24)10-16-19(18-12(3)8-13(20)9-15(18)21)22-17-7-11(2)5-6-23(16)17;/h4-9H,1,10H2,2-3H3;1H. The van der Waals surface area contributed by atoms with Gasteiger partial charge in [-0.2, -0.15) is 0 Å². The molecule has 0 saturated carbocycles. The van der Waals surface area contributed by atoms with Crippen molar-refractivity contribution in [2.45, 2.75) is 20.3 Å². The second-order valence-electron chi connectivity index (χ2n) is 5.88. The van der Waals surface area contributed by atoms with E-state index in [1.54, 1.807) is 13.0 Å². The molecule has 5 heteroatoms. The number of pyridine rings is 1. The third-order valence-electron chi connectivity index (χ3n) is 4.00. The molecule has 0 aliphatic carbocycles. The van der Waals surface area contributed by atoms with Crippen LogP contribution in [0, 0.1) is 19.7 Å². The van der Waals surface area contributed by atoms with E-state index < -0.39 is 5.82 Å². The number of benzene rings is 1. The van der Waals surface area contributed by atoms with Crippen LogP contribution in [0.2, 0.25) is 0 Å². The van der Waals surface area contributed by atoms with Crippen LogP contribution in [0.3, 0.4) is 0 Å². The van der Waals surface area contributed by atoms with Crippen LogP contribution in [-0.2, 0) is 11.2 Å². The average molecular weight is 320 g/mol. The number of imidazole rings is 1. The normalized spacial score (nSPS) is 11.0. The van der Waals surface area contributed by atoms with Crippen LogP contribution in [-0.4, -0.2) is 23.0 Å². The van der Waals surface area contributed by atoms with Gasteiger partial charge in [-0.25, -0.2) is 9.37 Å². The average Bonchev–Trinajstić information content (AvgIpc) is 2.83. The smallest absolute Gasteiger partial charge is 0.161 e. The molecule has 2 radical (unpaired) electrons. The second-order valence-corrected chi connectivity index (χ2v) is 5.88. The van der Waals surface area contributed by atoms with E-state index in [0.29, 0.717) is 33.6 Å². The number of hydrogen-bond donors (Lipinski definition) is 0. The molecule has 0 unspecified atom stereocenters. The number of aromatic nitrogens is 2. The Hall–Kier alpha value is -2.69. The summed E-state index contributed by atoms with van der Waals surface area (Å²) < 4.78 is 16.4. The van der Waals surface area contributed by atoms with E-state index in [-0.39, 0.29) is 13.6 Å². The highest BCUT2D eigenvalue weighted by molar-refractivity contribution is 6.32. The first-order valence-corrected chi connectivity index (χ1v) is 7.59. The van der Waals surface area contributed by atoms with Crippen molar-refractivity contribution < 1.29 is 10.6 Å². The van der Waals surface area contributed by atoms with Crippen LogP contribution in [0.5, 0.6) is 0 Å². The first-order chi connectivity index (χ1) is 11.4. The highest BCUT2D eigenvalue weighted by Crippen LogP contribution is 2.30. The molecular formula is C19H18BFN2O. The number of ketones is 1. The molecule has 0 aliphatic rings. The first-order valence-electron chi connectivity index (χ1n) is 7.59. The first kappa shape index (κ1) is 16.2. The Balaban J connectivity index is 0.00000225. The largest absolute Gasteiger partial charge is 0.303 e. The Morgan fingerprint density at radius 2 is 2.17 bits per heavy atom. The van der Waals surface area contributed by atoms with Crippen molar-refractivity contribution in [3.8, 4) is 11.3 Å². The molecule has 0 atom stereocenters. The van der Waals surface area contributed by atoms with Gasteiger partial charge in [0.1, 0.15) is 19.3 Å². The van der Waals surface area contributed by atoms with Crippen molar-refractivity contribution in [3.05, 3.63) is 65.8 Å². The SMILES string of the molecule is [B]c1cc(C)c(-c2nc3cc(C)ccn3c2CC(=O)C=C)c(F)c1.[HH]. The molecule has 3 rings (SSSR count). The van der Waals surface area contributed by atoms with Gasteiger partial charge in [-0.3, -0.25) is 4.79 Å². The fourth-order valence-corrected chi connectivity index (χ4v) is 2.87. The van der Waals surface area contributed by atoms with Crippen LogP contribution >= 0.6 is 0 Å². The van der Waals surface area contributed by atoms with E-state index in [1.165, 1.54) is 12.1 Å². The molecule has 0 saturated heterocycles. The lowest BCUT2D eigenvalue weighted by Gasteiger charge is -2.09. The predicted molar refractivity (Wildman–Crippen MR) is 96.5 cm³/mol. The van der Waals surface area contributed by atoms with E-state index in [2.05, 4.69) is 11.6 Å². The van der Waals surface area contributed by atoms with Crippen molar-refractivity contribution in [2.24, 2.45) is 0 Å². The highest BCUT2D eigenvalue weighted by atomic mass is 19.1. The second kappa shape index (κ2) is 6.08. The van der Waals surface area contributed by atoms with Gasteiger partial charge in [0, 0.05) is 13.2 Å². The molecule has 2 heterocycles. The number of aryl methyl sites for hydroxylation is 2.